The van der Waals surface area contributed by atoms with Crippen molar-refractivity contribution in [2.24, 2.45) is 0 Å². The third-order valence-electron chi connectivity index (χ3n) is 4.23. The number of nitrogens with one attached hydrogen (secondary N) is 2. The third-order valence-corrected chi connectivity index (χ3v) is 6.51. The maximum atomic E-state index is 12.7. The van der Waals surface area contributed by atoms with Crippen LogP contribution in [0.5, 0.6) is 11.5 Å². The lowest BCUT2D eigenvalue weighted by Gasteiger charge is -2.05. The summed E-state index contributed by atoms with van der Waals surface area (Å²) in [6, 6.07) is 7.34. The first-order chi connectivity index (χ1) is 13.1. The Balaban J connectivity index is 1.48. The molecule has 0 radical (unpaired) electrons. The van der Waals surface area contributed by atoms with Crippen molar-refractivity contribution in [2.45, 2.75) is 6.54 Å². The van der Waals surface area contributed by atoms with Crippen molar-refractivity contribution < 1.29 is 14.3 Å². The second-order valence-corrected chi connectivity index (χ2v) is 8.40. The van der Waals surface area contributed by atoms with Crippen molar-refractivity contribution in [3.63, 3.8) is 0 Å². The monoisotopic (exact) mass is 417 g/mol. The zero-order valence-corrected chi connectivity index (χ0v) is 16.1. The van der Waals surface area contributed by atoms with Gasteiger partial charge in [0, 0.05) is 6.54 Å². The van der Waals surface area contributed by atoms with Gasteiger partial charge in [-0.25, -0.2) is 0 Å². The Morgan fingerprint density at radius 2 is 2.15 bits per heavy atom. The van der Waals surface area contributed by atoms with Crippen LogP contribution in [0.1, 0.15) is 15.2 Å². The molecular formula is C17H11N3O4S3. The van der Waals surface area contributed by atoms with Gasteiger partial charge in [-0.2, -0.15) is 0 Å². The average molecular weight is 417 g/mol. The van der Waals surface area contributed by atoms with E-state index in [0.29, 0.717) is 37.2 Å². The van der Waals surface area contributed by atoms with E-state index >= 15 is 0 Å². The van der Waals surface area contributed by atoms with Crippen molar-refractivity contribution in [1.82, 2.24) is 14.7 Å². The lowest BCUT2D eigenvalue weighted by Crippen LogP contribution is -2.23. The average Bonchev–Trinajstić information content (AvgIpc) is 3.37. The standard InChI is InChI=1S/C17H11N3O4S3/c21-15(18-6-8-1-2-10-11(5-8)24-7-23-10)13-14-19-16(22)12-9(3-4-26-12)20(14)17(25)27-13/h1-5H,6-7H2,(H,18,21)(H,19,22). The van der Waals surface area contributed by atoms with Crippen molar-refractivity contribution >= 4 is 56.7 Å². The molecule has 0 spiro atoms. The fourth-order valence-corrected chi connectivity index (χ4v) is 5.06. The van der Waals surface area contributed by atoms with Crippen molar-refractivity contribution in [3.05, 3.63) is 54.4 Å². The van der Waals surface area contributed by atoms with Gasteiger partial charge < -0.3 is 19.8 Å². The van der Waals surface area contributed by atoms with E-state index in [0.717, 1.165) is 11.1 Å². The first-order valence-electron chi connectivity index (χ1n) is 7.93. The molecule has 4 heterocycles. The summed E-state index contributed by atoms with van der Waals surface area (Å²) in [6.45, 7) is 0.521. The number of thiophene rings is 1. The highest BCUT2D eigenvalue weighted by Crippen LogP contribution is 2.32. The molecule has 1 aliphatic heterocycles. The Labute approximate surface area is 164 Å². The first kappa shape index (κ1) is 16.5. The Morgan fingerprint density at radius 1 is 1.30 bits per heavy atom. The van der Waals surface area contributed by atoms with Crippen LogP contribution in [0.15, 0.2) is 34.4 Å². The quantitative estimate of drug-likeness (QED) is 0.500. The summed E-state index contributed by atoms with van der Waals surface area (Å²) >= 11 is 7.93. The Kier molecular flexibility index (Phi) is 3.78. The molecule has 4 aromatic rings. The molecule has 7 nitrogen and oxygen atoms in total. The number of hydrogen-bond donors (Lipinski definition) is 2. The minimum absolute atomic E-state index is 0.204. The number of fused-ring (bicyclic) bond motifs is 4. The van der Waals surface area contributed by atoms with Crippen molar-refractivity contribution in [2.75, 3.05) is 6.79 Å². The summed E-state index contributed by atoms with van der Waals surface area (Å²) in [6.07, 6.45) is 0. The number of thiazole rings is 1. The molecule has 0 saturated heterocycles. The summed E-state index contributed by atoms with van der Waals surface area (Å²) in [7, 11) is 0. The van der Waals surface area contributed by atoms with E-state index in [-0.39, 0.29) is 18.3 Å². The number of carbonyl (C=O) groups is 1. The van der Waals surface area contributed by atoms with Crippen LogP contribution in [-0.2, 0) is 6.54 Å². The molecule has 10 heteroatoms. The maximum absolute atomic E-state index is 12.7. The van der Waals surface area contributed by atoms with Gasteiger partial charge in [-0.05, 0) is 41.4 Å². The van der Waals surface area contributed by atoms with Gasteiger partial charge >= 0.3 is 0 Å². The summed E-state index contributed by atoms with van der Waals surface area (Å²) in [4.78, 5) is 28.2. The van der Waals surface area contributed by atoms with Crippen LogP contribution in [0.2, 0.25) is 0 Å². The van der Waals surface area contributed by atoms with E-state index in [9.17, 15) is 9.59 Å². The van der Waals surface area contributed by atoms with Gasteiger partial charge in [0.05, 0.1) is 5.52 Å². The Hall–Kier alpha value is -2.69. The summed E-state index contributed by atoms with van der Waals surface area (Å²) in [5.74, 6) is 1.06. The third kappa shape index (κ3) is 2.64. The molecule has 1 amide bonds. The number of carbonyl (C=O) groups excluding carboxylic acids is 1. The molecule has 1 aromatic carbocycles. The van der Waals surface area contributed by atoms with E-state index in [1.165, 1.54) is 22.7 Å². The zero-order valence-electron chi connectivity index (χ0n) is 13.6. The van der Waals surface area contributed by atoms with E-state index in [4.69, 9.17) is 21.7 Å². The van der Waals surface area contributed by atoms with Crippen molar-refractivity contribution in [1.29, 1.82) is 0 Å². The van der Waals surface area contributed by atoms with Crippen LogP contribution >= 0.6 is 34.9 Å². The fourth-order valence-electron chi connectivity index (χ4n) is 2.99. The first-order valence-corrected chi connectivity index (χ1v) is 10.0. The minimum atomic E-state index is -0.295. The summed E-state index contributed by atoms with van der Waals surface area (Å²) in [5, 5.41) is 4.70. The molecule has 2 N–H and O–H groups in total. The largest absolute Gasteiger partial charge is 0.454 e. The molecule has 136 valence electrons. The Bertz CT molecular complexity index is 1330. The second-order valence-electron chi connectivity index (χ2n) is 5.84. The highest BCUT2D eigenvalue weighted by Gasteiger charge is 2.19. The predicted octanol–water partition coefficient (Wildman–Crippen LogP) is 3.29. The molecule has 0 saturated carbocycles. The molecule has 1 aliphatic rings. The van der Waals surface area contributed by atoms with Crippen LogP contribution < -0.4 is 20.3 Å². The number of aromatic nitrogens is 2. The minimum Gasteiger partial charge on any atom is -0.454 e. The van der Waals surface area contributed by atoms with Gasteiger partial charge in [0.2, 0.25) is 6.79 Å². The van der Waals surface area contributed by atoms with E-state index in [2.05, 4.69) is 10.3 Å². The Morgan fingerprint density at radius 3 is 3.04 bits per heavy atom. The molecule has 3 aromatic heterocycles. The lowest BCUT2D eigenvalue weighted by atomic mass is 10.2. The molecule has 0 fully saturated rings. The SMILES string of the molecule is O=C(NCc1ccc2c(c1)OCO2)c1sc(=S)n2c1[nH]c(=O)c1sccc12. The number of H-pyrrole nitrogens is 1. The molecule has 0 unspecified atom stereocenters. The smallest absolute Gasteiger partial charge is 0.269 e. The van der Waals surface area contributed by atoms with Gasteiger partial charge in [0.1, 0.15) is 15.2 Å². The maximum Gasteiger partial charge on any atom is 0.269 e. The molecule has 0 atom stereocenters. The molecule has 0 bridgehead atoms. The van der Waals surface area contributed by atoms with E-state index < -0.39 is 0 Å². The van der Waals surface area contributed by atoms with E-state index in [1.54, 1.807) is 4.40 Å². The number of benzene rings is 1. The zero-order chi connectivity index (χ0) is 18.5. The predicted molar refractivity (Wildman–Crippen MR) is 106 cm³/mol. The van der Waals surface area contributed by atoms with Crippen LogP contribution in [-0.4, -0.2) is 22.1 Å². The number of ether oxygens (including phenoxy) is 2. The highest BCUT2D eigenvalue weighted by molar-refractivity contribution is 7.73. The highest BCUT2D eigenvalue weighted by atomic mass is 32.1. The number of amides is 1. The van der Waals surface area contributed by atoms with Gasteiger partial charge in [-0.3, -0.25) is 14.0 Å². The van der Waals surface area contributed by atoms with Gasteiger partial charge in [0.25, 0.3) is 11.5 Å². The van der Waals surface area contributed by atoms with Crippen LogP contribution in [0.3, 0.4) is 0 Å². The van der Waals surface area contributed by atoms with Gasteiger partial charge in [0.15, 0.2) is 15.5 Å². The number of hydrogen-bond acceptors (Lipinski definition) is 7. The number of aromatic amines is 1. The van der Waals surface area contributed by atoms with Gasteiger partial charge in [-0.1, -0.05) is 17.4 Å². The van der Waals surface area contributed by atoms with Crippen molar-refractivity contribution in [3.8, 4) is 11.5 Å². The van der Waals surface area contributed by atoms with E-state index in [1.807, 2.05) is 29.6 Å². The molecule has 0 aliphatic carbocycles. The molecule has 5 rings (SSSR count). The van der Waals surface area contributed by atoms with Gasteiger partial charge in [-0.15, -0.1) is 11.3 Å². The lowest BCUT2D eigenvalue weighted by molar-refractivity contribution is 0.0956. The normalized spacial score (nSPS) is 12.7. The van der Waals surface area contributed by atoms with Crippen LogP contribution in [0.25, 0.3) is 15.9 Å². The van der Waals surface area contributed by atoms with Crippen LogP contribution in [0, 0.1) is 3.95 Å². The summed E-state index contributed by atoms with van der Waals surface area (Å²) in [5.41, 5.74) is 1.80. The summed E-state index contributed by atoms with van der Waals surface area (Å²) < 4.78 is 13.5. The topological polar surface area (TPSA) is 84.8 Å². The molecular weight excluding hydrogens is 406 g/mol. The number of nitrogens with zero attached hydrogens (tertiary/aromatic N) is 1. The van der Waals surface area contributed by atoms with Crippen LogP contribution in [0.4, 0.5) is 0 Å². The second kappa shape index (κ2) is 6.19. The number of rotatable bonds is 3. The fraction of sp³-hybridized carbons (Fsp3) is 0.118. The molecule has 27 heavy (non-hydrogen) atoms.